The summed E-state index contributed by atoms with van der Waals surface area (Å²) < 4.78 is 11.1. The minimum absolute atomic E-state index is 0. The highest BCUT2D eigenvalue weighted by Crippen LogP contribution is 2.25. The number of ether oxygens (including phenoxy) is 2. The van der Waals surface area contributed by atoms with Gasteiger partial charge in [-0.15, -0.1) is 24.0 Å². The molecule has 6 heteroatoms. The minimum atomic E-state index is 0. The Bertz CT molecular complexity index is 523. The van der Waals surface area contributed by atoms with Gasteiger partial charge in [-0.05, 0) is 25.0 Å². The summed E-state index contributed by atoms with van der Waals surface area (Å²) in [7, 11) is 3.52. The summed E-state index contributed by atoms with van der Waals surface area (Å²) in [6.07, 6.45) is 0.0929. The van der Waals surface area contributed by atoms with Crippen LogP contribution in [-0.2, 0) is 9.47 Å². The molecule has 0 aromatic heterocycles. The molecule has 1 aliphatic heterocycles. The van der Waals surface area contributed by atoms with Crippen LogP contribution in [-0.4, -0.2) is 57.9 Å². The van der Waals surface area contributed by atoms with E-state index < -0.39 is 0 Å². The molecule has 5 nitrogen and oxygen atoms in total. The summed E-state index contributed by atoms with van der Waals surface area (Å²) in [6.45, 7) is 8.08. The van der Waals surface area contributed by atoms with E-state index in [0.717, 1.165) is 25.6 Å². The molecule has 1 aromatic rings. The molecule has 1 aliphatic rings. The van der Waals surface area contributed by atoms with E-state index in [4.69, 9.17) is 9.47 Å². The topological polar surface area (TPSA) is 46.1 Å². The Morgan fingerprint density at radius 3 is 2.87 bits per heavy atom. The highest BCUT2D eigenvalue weighted by molar-refractivity contribution is 14.0. The Kier molecular flexibility index (Phi) is 8.86. The van der Waals surface area contributed by atoms with Gasteiger partial charge in [-0.25, -0.2) is 0 Å². The van der Waals surface area contributed by atoms with Crippen LogP contribution in [0, 0.1) is 13.8 Å². The number of guanidine groups is 1. The van der Waals surface area contributed by atoms with Gasteiger partial charge in [-0.1, -0.05) is 23.8 Å². The summed E-state index contributed by atoms with van der Waals surface area (Å²) >= 11 is 0. The lowest BCUT2D eigenvalue weighted by atomic mass is 10.00. The average Bonchev–Trinajstić information content (AvgIpc) is 2.52. The fraction of sp³-hybridized carbons (Fsp3) is 0.588. The van der Waals surface area contributed by atoms with Crippen LogP contribution in [0.5, 0.6) is 0 Å². The first-order valence-corrected chi connectivity index (χ1v) is 7.79. The first kappa shape index (κ1) is 20.2. The average molecular weight is 433 g/mol. The van der Waals surface area contributed by atoms with Gasteiger partial charge in [0.1, 0.15) is 6.10 Å². The Labute approximate surface area is 156 Å². The maximum absolute atomic E-state index is 5.99. The number of methoxy groups -OCH3 is 1. The molecule has 0 amide bonds. The van der Waals surface area contributed by atoms with Gasteiger partial charge in [-0.2, -0.15) is 0 Å². The molecular formula is C17H28IN3O2. The molecule has 1 atom stereocenters. The number of aliphatic imine (C=N–C) groups is 1. The zero-order chi connectivity index (χ0) is 15.9. The lowest BCUT2D eigenvalue weighted by Gasteiger charge is -2.35. The van der Waals surface area contributed by atoms with Gasteiger partial charge in [0.2, 0.25) is 0 Å². The standard InChI is InChI=1S/C17H27N3O2.HI/c1-13-5-6-15(14(2)11-13)16-12-20(8-10-22-16)17(18-3)19-7-9-21-4;/h5-6,11,16H,7-10,12H2,1-4H3,(H,18,19);1H. The first-order valence-electron chi connectivity index (χ1n) is 7.79. The molecule has 1 N–H and O–H groups in total. The zero-order valence-corrected chi connectivity index (χ0v) is 16.8. The van der Waals surface area contributed by atoms with Gasteiger partial charge in [0, 0.05) is 27.2 Å². The molecule has 0 saturated carbocycles. The maximum Gasteiger partial charge on any atom is 0.193 e. The maximum atomic E-state index is 5.99. The fourth-order valence-electron chi connectivity index (χ4n) is 2.81. The van der Waals surface area contributed by atoms with Crippen LogP contribution in [0.15, 0.2) is 23.2 Å². The highest BCUT2D eigenvalue weighted by Gasteiger charge is 2.25. The molecule has 130 valence electrons. The van der Waals surface area contributed by atoms with Crippen LogP contribution in [0.25, 0.3) is 0 Å². The van der Waals surface area contributed by atoms with Gasteiger partial charge >= 0.3 is 0 Å². The van der Waals surface area contributed by atoms with Gasteiger partial charge in [0.25, 0.3) is 0 Å². The smallest absolute Gasteiger partial charge is 0.193 e. The molecule has 1 fully saturated rings. The second-order valence-electron chi connectivity index (χ2n) is 5.63. The van der Waals surface area contributed by atoms with Gasteiger partial charge in [0.15, 0.2) is 5.96 Å². The SMILES string of the molecule is CN=C(NCCOC)N1CCOC(c2ccc(C)cc2C)C1.I. The summed E-state index contributed by atoms with van der Waals surface area (Å²) in [5.41, 5.74) is 3.84. The van der Waals surface area contributed by atoms with Gasteiger partial charge in [0.05, 0.1) is 19.8 Å². The van der Waals surface area contributed by atoms with Crippen LogP contribution in [0.4, 0.5) is 0 Å². The van der Waals surface area contributed by atoms with Crippen LogP contribution in [0.1, 0.15) is 22.8 Å². The molecule has 2 rings (SSSR count). The van der Waals surface area contributed by atoms with E-state index in [1.807, 2.05) is 7.05 Å². The van der Waals surface area contributed by atoms with Crippen molar-refractivity contribution in [2.45, 2.75) is 20.0 Å². The largest absolute Gasteiger partial charge is 0.383 e. The number of benzene rings is 1. The van der Waals surface area contributed by atoms with Crippen molar-refractivity contribution in [1.29, 1.82) is 0 Å². The highest BCUT2D eigenvalue weighted by atomic mass is 127. The molecule has 0 aliphatic carbocycles. The number of morpholine rings is 1. The van der Waals surface area contributed by atoms with Gasteiger partial charge < -0.3 is 19.7 Å². The zero-order valence-electron chi connectivity index (χ0n) is 14.5. The number of nitrogens with one attached hydrogen (secondary N) is 1. The van der Waals surface area contributed by atoms with Crippen molar-refractivity contribution in [1.82, 2.24) is 10.2 Å². The Hall–Kier alpha value is -0.860. The second-order valence-corrected chi connectivity index (χ2v) is 5.63. The normalized spacial score (nSPS) is 18.5. The Balaban J connectivity index is 0.00000264. The van der Waals surface area contributed by atoms with Crippen LogP contribution in [0.3, 0.4) is 0 Å². The van der Waals surface area contributed by atoms with Gasteiger partial charge in [-0.3, -0.25) is 4.99 Å². The van der Waals surface area contributed by atoms with E-state index in [1.54, 1.807) is 7.11 Å². The molecule has 0 radical (unpaired) electrons. The van der Waals surface area contributed by atoms with Crippen molar-refractivity contribution < 1.29 is 9.47 Å². The lowest BCUT2D eigenvalue weighted by molar-refractivity contribution is -0.00839. The Morgan fingerprint density at radius 1 is 1.43 bits per heavy atom. The number of hydrogen-bond acceptors (Lipinski definition) is 3. The monoisotopic (exact) mass is 433 g/mol. The number of nitrogens with zero attached hydrogens (tertiary/aromatic N) is 2. The number of hydrogen-bond donors (Lipinski definition) is 1. The number of halogens is 1. The summed E-state index contributed by atoms with van der Waals surface area (Å²) in [6, 6.07) is 6.54. The van der Waals surface area contributed by atoms with E-state index in [2.05, 4.69) is 47.3 Å². The van der Waals surface area contributed by atoms with Crippen molar-refractivity contribution >= 4 is 29.9 Å². The quantitative estimate of drug-likeness (QED) is 0.343. The van der Waals surface area contributed by atoms with Crippen molar-refractivity contribution in [2.75, 3.05) is 47.0 Å². The van der Waals surface area contributed by atoms with Crippen LogP contribution >= 0.6 is 24.0 Å². The van der Waals surface area contributed by atoms with E-state index in [1.165, 1.54) is 16.7 Å². The van der Waals surface area contributed by atoms with Crippen molar-refractivity contribution in [3.63, 3.8) is 0 Å². The predicted octanol–water partition coefficient (Wildman–Crippen LogP) is 2.52. The number of aryl methyl sites for hydroxylation is 2. The van der Waals surface area contributed by atoms with Crippen molar-refractivity contribution in [3.8, 4) is 0 Å². The first-order chi connectivity index (χ1) is 10.7. The van der Waals surface area contributed by atoms with Crippen molar-refractivity contribution in [3.05, 3.63) is 34.9 Å². The fourth-order valence-corrected chi connectivity index (χ4v) is 2.81. The molecule has 1 heterocycles. The predicted molar refractivity (Wildman–Crippen MR) is 105 cm³/mol. The third-order valence-corrected chi connectivity index (χ3v) is 3.94. The van der Waals surface area contributed by atoms with E-state index >= 15 is 0 Å². The minimum Gasteiger partial charge on any atom is -0.383 e. The molecule has 1 aromatic carbocycles. The summed E-state index contributed by atoms with van der Waals surface area (Å²) in [5.74, 6) is 0.912. The van der Waals surface area contributed by atoms with Crippen molar-refractivity contribution in [2.24, 2.45) is 4.99 Å². The molecule has 23 heavy (non-hydrogen) atoms. The molecular weight excluding hydrogens is 405 g/mol. The second kappa shape index (κ2) is 10.1. The van der Waals surface area contributed by atoms with E-state index in [0.29, 0.717) is 13.2 Å². The summed E-state index contributed by atoms with van der Waals surface area (Å²) in [5, 5.41) is 3.33. The van der Waals surface area contributed by atoms with Crippen LogP contribution < -0.4 is 5.32 Å². The molecule has 0 bridgehead atoms. The third kappa shape index (κ3) is 5.61. The molecule has 1 unspecified atom stereocenters. The number of rotatable bonds is 4. The Morgan fingerprint density at radius 2 is 2.22 bits per heavy atom. The summed E-state index contributed by atoms with van der Waals surface area (Å²) in [4.78, 5) is 6.62. The van der Waals surface area contributed by atoms with E-state index in [-0.39, 0.29) is 30.1 Å². The van der Waals surface area contributed by atoms with Crippen LogP contribution in [0.2, 0.25) is 0 Å². The van der Waals surface area contributed by atoms with E-state index in [9.17, 15) is 0 Å². The molecule has 1 saturated heterocycles. The third-order valence-electron chi connectivity index (χ3n) is 3.94. The lowest BCUT2D eigenvalue weighted by Crippen LogP contribution is -2.48. The molecule has 0 spiro atoms.